The maximum atomic E-state index is 3.50. The van der Waals surface area contributed by atoms with E-state index in [4.69, 9.17) is 0 Å². The summed E-state index contributed by atoms with van der Waals surface area (Å²) in [4.78, 5) is 0. The maximum Gasteiger partial charge on any atom is 0.00637 e. The normalized spacial score (nSPS) is 8.12. The molecule has 0 spiro atoms. The fourth-order valence-electron chi connectivity index (χ4n) is 0.277. The van der Waals surface area contributed by atoms with Crippen molar-refractivity contribution in [2.24, 2.45) is 0 Å². The van der Waals surface area contributed by atoms with Crippen molar-refractivity contribution in [1.82, 2.24) is 0 Å². The van der Waals surface area contributed by atoms with Gasteiger partial charge in [0.2, 0.25) is 0 Å². The summed E-state index contributed by atoms with van der Waals surface area (Å²) in [6.07, 6.45) is 6.24. The van der Waals surface area contributed by atoms with Crippen molar-refractivity contribution in [3.63, 3.8) is 0 Å². The van der Waals surface area contributed by atoms with Crippen LogP contribution in [0.15, 0.2) is 24.8 Å². The molecule has 0 radical (unpaired) electrons. The molecule has 0 aromatic rings. The molecule has 0 aromatic carbocycles. The second-order valence-electron chi connectivity index (χ2n) is 1.27. The Labute approximate surface area is 50.9 Å². The van der Waals surface area contributed by atoms with E-state index in [0.29, 0.717) is 0 Å². The number of hydrogen-bond donors (Lipinski definition) is 0. The van der Waals surface area contributed by atoms with Gasteiger partial charge in [-0.3, -0.25) is 0 Å². The van der Waals surface area contributed by atoms with Crippen LogP contribution in [0.4, 0.5) is 0 Å². The lowest BCUT2D eigenvalue weighted by Gasteiger charge is -1.65. The molecular weight excluding hydrogens is 96.1 g/mol. The summed E-state index contributed by atoms with van der Waals surface area (Å²) in [7, 11) is 0. The van der Waals surface area contributed by atoms with Crippen molar-refractivity contribution < 1.29 is 0 Å². The van der Waals surface area contributed by atoms with Crippen molar-refractivity contribution in [2.75, 3.05) is 0 Å². The molecule has 0 fully saturated rings. The van der Waals surface area contributed by atoms with E-state index in [0.717, 1.165) is 6.42 Å². The molecule has 0 heteroatoms. The highest BCUT2D eigenvalue weighted by molar-refractivity contribution is 5.18. The standard InChI is InChI=1S/C8H10/c1-3-5-7-8-6-4-2/h3,5,7H,1,4H2,2H3/b7-5-. The summed E-state index contributed by atoms with van der Waals surface area (Å²) in [6, 6.07) is 0. The Morgan fingerprint density at radius 2 is 2.38 bits per heavy atom. The van der Waals surface area contributed by atoms with Gasteiger partial charge < -0.3 is 0 Å². The van der Waals surface area contributed by atoms with Crippen LogP contribution in [-0.2, 0) is 0 Å². The molecular formula is C8H10. The molecule has 0 saturated heterocycles. The Hall–Kier alpha value is -0.960. The topological polar surface area (TPSA) is 0 Å². The van der Waals surface area contributed by atoms with Gasteiger partial charge in [-0.25, -0.2) is 0 Å². The van der Waals surface area contributed by atoms with Crippen LogP contribution in [0.5, 0.6) is 0 Å². The average Bonchev–Trinajstić information content (AvgIpc) is 1.81. The average molecular weight is 106 g/mol. The van der Waals surface area contributed by atoms with E-state index < -0.39 is 0 Å². The van der Waals surface area contributed by atoms with Crippen LogP contribution in [0, 0.1) is 11.8 Å². The molecule has 0 aliphatic rings. The maximum absolute atomic E-state index is 3.50. The predicted molar refractivity (Wildman–Crippen MR) is 37.4 cm³/mol. The molecule has 0 aliphatic carbocycles. The first kappa shape index (κ1) is 7.04. The van der Waals surface area contributed by atoms with Gasteiger partial charge in [-0.05, 0) is 6.08 Å². The van der Waals surface area contributed by atoms with Crippen LogP contribution < -0.4 is 0 Å². The van der Waals surface area contributed by atoms with Gasteiger partial charge in [-0.15, -0.1) is 0 Å². The van der Waals surface area contributed by atoms with Gasteiger partial charge in [0.15, 0.2) is 0 Å². The quantitative estimate of drug-likeness (QED) is 0.355. The molecule has 0 heterocycles. The Balaban J connectivity index is 3.40. The zero-order valence-corrected chi connectivity index (χ0v) is 5.15. The van der Waals surface area contributed by atoms with Crippen molar-refractivity contribution in [3.05, 3.63) is 24.8 Å². The van der Waals surface area contributed by atoms with Crippen molar-refractivity contribution >= 4 is 0 Å². The zero-order chi connectivity index (χ0) is 6.24. The van der Waals surface area contributed by atoms with E-state index in [1.165, 1.54) is 0 Å². The Morgan fingerprint density at radius 3 is 2.88 bits per heavy atom. The monoisotopic (exact) mass is 106 g/mol. The van der Waals surface area contributed by atoms with Crippen LogP contribution in [-0.4, -0.2) is 0 Å². The van der Waals surface area contributed by atoms with Gasteiger partial charge in [-0.2, -0.15) is 0 Å². The van der Waals surface area contributed by atoms with E-state index in [2.05, 4.69) is 18.4 Å². The molecule has 42 valence electrons. The van der Waals surface area contributed by atoms with Crippen LogP contribution in [0.2, 0.25) is 0 Å². The Morgan fingerprint density at radius 1 is 1.62 bits per heavy atom. The molecule has 0 aromatic heterocycles. The highest BCUT2D eigenvalue weighted by Crippen LogP contribution is 1.71. The molecule has 0 nitrogen and oxygen atoms in total. The number of hydrogen-bond acceptors (Lipinski definition) is 0. The third-order valence-corrected chi connectivity index (χ3v) is 0.594. The van der Waals surface area contributed by atoms with Crippen molar-refractivity contribution in [2.45, 2.75) is 13.3 Å². The summed E-state index contributed by atoms with van der Waals surface area (Å²) in [5.74, 6) is 5.73. The second-order valence-corrected chi connectivity index (χ2v) is 1.27. The zero-order valence-electron chi connectivity index (χ0n) is 5.15. The van der Waals surface area contributed by atoms with E-state index in [1.54, 1.807) is 12.2 Å². The first-order chi connectivity index (χ1) is 3.91. The Kier molecular flexibility index (Phi) is 5.32. The minimum Gasteiger partial charge on any atom is -0.0990 e. The summed E-state index contributed by atoms with van der Waals surface area (Å²) in [5, 5.41) is 0. The first-order valence-corrected chi connectivity index (χ1v) is 2.67. The van der Waals surface area contributed by atoms with Gasteiger partial charge in [0.1, 0.15) is 0 Å². The molecule has 0 bridgehead atoms. The minimum absolute atomic E-state index is 0.918. The molecule has 0 amide bonds. The third-order valence-electron chi connectivity index (χ3n) is 0.594. The molecule has 0 unspecified atom stereocenters. The van der Waals surface area contributed by atoms with E-state index >= 15 is 0 Å². The summed E-state index contributed by atoms with van der Waals surface area (Å²) in [6.45, 7) is 5.53. The van der Waals surface area contributed by atoms with Gasteiger partial charge in [0, 0.05) is 6.42 Å². The number of allylic oxidation sites excluding steroid dienone is 3. The first-order valence-electron chi connectivity index (χ1n) is 2.67. The molecule has 8 heavy (non-hydrogen) atoms. The highest BCUT2D eigenvalue weighted by Gasteiger charge is 1.55. The molecule has 0 aliphatic heterocycles. The lowest BCUT2D eigenvalue weighted by molar-refractivity contribution is 1.28. The fraction of sp³-hybridized carbons (Fsp3) is 0.250. The molecule has 0 rings (SSSR count). The highest BCUT2D eigenvalue weighted by atomic mass is 13.6. The fourth-order valence-corrected chi connectivity index (χ4v) is 0.277. The Bertz CT molecular complexity index is 130. The van der Waals surface area contributed by atoms with Crippen molar-refractivity contribution in [3.8, 4) is 11.8 Å². The summed E-state index contributed by atoms with van der Waals surface area (Å²) in [5.41, 5.74) is 0. The van der Waals surface area contributed by atoms with E-state index in [9.17, 15) is 0 Å². The van der Waals surface area contributed by atoms with Crippen molar-refractivity contribution in [1.29, 1.82) is 0 Å². The SMILES string of the molecule is C=C/C=C\C#CCC. The predicted octanol–water partition coefficient (Wildman–Crippen LogP) is 2.14. The van der Waals surface area contributed by atoms with Gasteiger partial charge in [0.25, 0.3) is 0 Å². The van der Waals surface area contributed by atoms with Gasteiger partial charge in [-0.1, -0.05) is 37.5 Å². The molecule has 0 N–H and O–H groups in total. The van der Waals surface area contributed by atoms with E-state index in [-0.39, 0.29) is 0 Å². The smallest absolute Gasteiger partial charge is 0.00637 e. The van der Waals surface area contributed by atoms with Gasteiger partial charge in [0.05, 0.1) is 0 Å². The van der Waals surface area contributed by atoms with E-state index in [1.807, 2.05) is 13.0 Å². The third kappa shape index (κ3) is 5.04. The van der Waals surface area contributed by atoms with Crippen LogP contribution >= 0.6 is 0 Å². The number of rotatable bonds is 1. The molecule has 0 saturated carbocycles. The van der Waals surface area contributed by atoms with Crippen LogP contribution in [0.25, 0.3) is 0 Å². The lowest BCUT2D eigenvalue weighted by Crippen LogP contribution is -1.50. The lowest BCUT2D eigenvalue weighted by atomic mass is 10.4. The summed E-state index contributed by atoms with van der Waals surface area (Å²) >= 11 is 0. The van der Waals surface area contributed by atoms with Crippen LogP contribution in [0.3, 0.4) is 0 Å². The van der Waals surface area contributed by atoms with Gasteiger partial charge >= 0.3 is 0 Å². The molecule has 0 atom stereocenters. The second kappa shape index (κ2) is 6.04. The largest absolute Gasteiger partial charge is 0.0990 e. The minimum atomic E-state index is 0.918. The van der Waals surface area contributed by atoms with Crippen LogP contribution in [0.1, 0.15) is 13.3 Å². The summed E-state index contributed by atoms with van der Waals surface area (Å²) < 4.78 is 0.